The number of hydrogen-bond acceptors (Lipinski definition) is 3. The van der Waals surface area contributed by atoms with E-state index in [2.05, 4.69) is 29.6 Å². The van der Waals surface area contributed by atoms with E-state index >= 15 is 0 Å². The Hall–Kier alpha value is -3.96. The van der Waals surface area contributed by atoms with Gasteiger partial charge in [0.05, 0.1) is 12.1 Å². The molecule has 0 aromatic heterocycles. The molecule has 2 unspecified atom stereocenters. The first-order valence-electron chi connectivity index (χ1n) is 13.2. The highest BCUT2D eigenvalue weighted by molar-refractivity contribution is 6.07. The fourth-order valence-corrected chi connectivity index (χ4v) is 4.92. The molecule has 0 saturated carbocycles. The molecule has 38 heavy (non-hydrogen) atoms. The van der Waals surface area contributed by atoms with Crippen LogP contribution >= 0.6 is 0 Å². The van der Waals surface area contributed by atoms with Gasteiger partial charge in [-0.25, -0.2) is 0 Å². The summed E-state index contributed by atoms with van der Waals surface area (Å²) in [7, 11) is 0. The summed E-state index contributed by atoms with van der Waals surface area (Å²) in [4.78, 5) is 27.3. The number of aliphatic hydroxyl groups is 1. The summed E-state index contributed by atoms with van der Waals surface area (Å²) in [5.41, 5.74) is 3.84. The molecule has 0 bridgehead atoms. The molecule has 0 heterocycles. The Morgan fingerprint density at radius 3 is 2.13 bits per heavy atom. The fraction of sp³-hybridized carbons (Fsp3) is 0.273. The molecule has 2 N–H and O–H groups in total. The van der Waals surface area contributed by atoms with E-state index in [0.717, 1.165) is 27.5 Å². The quantitative estimate of drug-likeness (QED) is 0.282. The van der Waals surface area contributed by atoms with Gasteiger partial charge < -0.3 is 15.3 Å². The number of carbonyl (C=O) groups excluding carboxylic acids is 2. The number of hydrogen-bond donors (Lipinski definition) is 2. The Bertz CT molecular complexity index is 1360. The van der Waals surface area contributed by atoms with E-state index in [1.165, 1.54) is 0 Å². The predicted octanol–water partition coefficient (Wildman–Crippen LogP) is 5.86. The van der Waals surface area contributed by atoms with Crippen LogP contribution in [-0.2, 0) is 11.2 Å². The first-order chi connectivity index (χ1) is 18.3. The SMILES string of the molecule is CC(=O)N(CCC(O)C(Cc1ccc(-c2ccccc2)cc1)NC(=O)c1cccc2ccccc12)C(C)C. The molecular weight excluding hydrogens is 472 g/mol. The molecule has 2 amide bonds. The second-order valence-electron chi connectivity index (χ2n) is 10.0. The van der Waals surface area contributed by atoms with Gasteiger partial charge in [-0.2, -0.15) is 0 Å². The van der Waals surface area contributed by atoms with Crippen LogP contribution in [-0.4, -0.2) is 46.6 Å². The number of fused-ring (bicyclic) bond motifs is 1. The molecule has 5 heteroatoms. The van der Waals surface area contributed by atoms with Crippen molar-refractivity contribution in [2.24, 2.45) is 0 Å². The van der Waals surface area contributed by atoms with Crippen molar-refractivity contribution < 1.29 is 14.7 Å². The monoisotopic (exact) mass is 508 g/mol. The van der Waals surface area contributed by atoms with E-state index in [-0.39, 0.29) is 17.9 Å². The summed E-state index contributed by atoms with van der Waals surface area (Å²) >= 11 is 0. The standard InChI is InChI=1S/C33H36N2O3/c1-23(2)35(24(3)36)21-20-32(37)31(22-25-16-18-27(19-17-25)26-10-5-4-6-11-26)34-33(38)30-15-9-13-28-12-7-8-14-29(28)30/h4-19,23,31-32,37H,20-22H2,1-3H3,(H,34,38). The summed E-state index contributed by atoms with van der Waals surface area (Å²) in [6, 6.07) is 31.3. The number of nitrogens with zero attached hydrogens (tertiary/aromatic N) is 1. The van der Waals surface area contributed by atoms with Gasteiger partial charge in [-0.15, -0.1) is 0 Å². The molecule has 0 aliphatic heterocycles. The van der Waals surface area contributed by atoms with Gasteiger partial charge in [0, 0.05) is 25.1 Å². The number of amides is 2. The van der Waals surface area contributed by atoms with Crippen LogP contribution in [0.2, 0.25) is 0 Å². The zero-order valence-electron chi connectivity index (χ0n) is 22.3. The maximum atomic E-state index is 13.5. The van der Waals surface area contributed by atoms with Crippen LogP contribution < -0.4 is 5.32 Å². The molecule has 4 rings (SSSR count). The average Bonchev–Trinajstić information content (AvgIpc) is 2.92. The lowest BCUT2D eigenvalue weighted by atomic mass is 9.96. The van der Waals surface area contributed by atoms with E-state index in [1.54, 1.807) is 11.8 Å². The van der Waals surface area contributed by atoms with Gasteiger partial charge in [0.2, 0.25) is 5.91 Å². The third kappa shape index (κ3) is 6.67. The first kappa shape index (κ1) is 27.1. The zero-order chi connectivity index (χ0) is 27.1. The van der Waals surface area contributed by atoms with Gasteiger partial charge in [0.25, 0.3) is 5.91 Å². The number of carbonyl (C=O) groups is 2. The summed E-state index contributed by atoms with van der Waals surface area (Å²) < 4.78 is 0. The van der Waals surface area contributed by atoms with Crippen molar-refractivity contribution in [3.63, 3.8) is 0 Å². The van der Waals surface area contributed by atoms with Crippen molar-refractivity contribution in [1.82, 2.24) is 10.2 Å². The Morgan fingerprint density at radius 1 is 0.816 bits per heavy atom. The van der Waals surface area contributed by atoms with Crippen molar-refractivity contribution >= 4 is 22.6 Å². The lowest BCUT2D eigenvalue weighted by Gasteiger charge is -2.29. The van der Waals surface area contributed by atoms with E-state index < -0.39 is 12.1 Å². The van der Waals surface area contributed by atoms with Crippen molar-refractivity contribution in [3.8, 4) is 11.1 Å². The van der Waals surface area contributed by atoms with Gasteiger partial charge in [0.1, 0.15) is 0 Å². The minimum Gasteiger partial charge on any atom is -0.391 e. The van der Waals surface area contributed by atoms with Crippen LogP contribution in [0.4, 0.5) is 0 Å². The zero-order valence-corrected chi connectivity index (χ0v) is 22.3. The molecule has 4 aromatic carbocycles. The van der Waals surface area contributed by atoms with Gasteiger partial charge in [-0.05, 0) is 60.2 Å². The van der Waals surface area contributed by atoms with Gasteiger partial charge in [0.15, 0.2) is 0 Å². The third-order valence-electron chi connectivity index (χ3n) is 7.03. The number of aliphatic hydroxyl groups excluding tert-OH is 1. The van der Waals surface area contributed by atoms with Crippen LogP contribution in [0.5, 0.6) is 0 Å². The molecular formula is C33H36N2O3. The highest BCUT2D eigenvalue weighted by Gasteiger charge is 2.25. The smallest absolute Gasteiger partial charge is 0.252 e. The van der Waals surface area contributed by atoms with Crippen molar-refractivity contribution in [2.45, 2.75) is 51.8 Å². The van der Waals surface area contributed by atoms with Crippen LogP contribution in [0.25, 0.3) is 21.9 Å². The Labute approximate surface area is 225 Å². The maximum Gasteiger partial charge on any atom is 0.252 e. The van der Waals surface area contributed by atoms with Gasteiger partial charge in [-0.3, -0.25) is 9.59 Å². The predicted molar refractivity (Wildman–Crippen MR) is 154 cm³/mol. The minimum absolute atomic E-state index is 0.0277. The van der Waals surface area contributed by atoms with E-state index in [9.17, 15) is 14.7 Å². The average molecular weight is 509 g/mol. The molecule has 0 aliphatic carbocycles. The number of nitrogens with one attached hydrogen (secondary N) is 1. The van der Waals surface area contributed by atoms with Crippen molar-refractivity contribution in [2.75, 3.05) is 6.54 Å². The topological polar surface area (TPSA) is 69.6 Å². The molecule has 0 spiro atoms. The second-order valence-corrected chi connectivity index (χ2v) is 10.0. The maximum absolute atomic E-state index is 13.5. The highest BCUT2D eigenvalue weighted by atomic mass is 16.3. The molecule has 2 atom stereocenters. The van der Waals surface area contributed by atoms with Gasteiger partial charge >= 0.3 is 0 Å². The van der Waals surface area contributed by atoms with Crippen LogP contribution in [0.3, 0.4) is 0 Å². The Kier molecular flexibility index (Phi) is 8.93. The number of rotatable bonds is 10. The summed E-state index contributed by atoms with van der Waals surface area (Å²) in [5, 5.41) is 16.2. The molecule has 0 radical (unpaired) electrons. The summed E-state index contributed by atoms with van der Waals surface area (Å²) in [6.07, 6.45) is -0.00204. The van der Waals surface area contributed by atoms with Crippen molar-refractivity contribution in [1.29, 1.82) is 0 Å². The summed E-state index contributed by atoms with van der Waals surface area (Å²) in [5.74, 6) is -0.251. The van der Waals surface area contributed by atoms with Crippen molar-refractivity contribution in [3.05, 3.63) is 108 Å². The molecule has 4 aromatic rings. The minimum atomic E-state index is -0.830. The van der Waals surface area contributed by atoms with Crippen LogP contribution in [0, 0.1) is 0 Å². The normalized spacial score (nSPS) is 12.8. The molecule has 5 nitrogen and oxygen atoms in total. The Balaban J connectivity index is 1.56. The second kappa shape index (κ2) is 12.5. The molecule has 0 saturated heterocycles. The lowest BCUT2D eigenvalue weighted by Crippen LogP contribution is -2.47. The summed E-state index contributed by atoms with van der Waals surface area (Å²) in [6.45, 7) is 5.88. The van der Waals surface area contributed by atoms with E-state index in [0.29, 0.717) is 24.9 Å². The number of benzene rings is 4. The van der Waals surface area contributed by atoms with Gasteiger partial charge in [-0.1, -0.05) is 91.0 Å². The largest absolute Gasteiger partial charge is 0.391 e. The van der Waals surface area contributed by atoms with E-state index in [1.807, 2.05) is 86.6 Å². The molecule has 196 valence electrons. The lowest BCUT2D eigenvalue weighted by molar-refractivity contribution is -0.130. The highest BCUT2D eigenvalue weighted by Crippen LogP contribution is 2.22. The Morgan fingerprint density at radius 2 is 1.45 bits per heavy atom. The van der Waals surface area contributed by atoms with E-state index in [4.69, 9.17) is 0 Å². The first-order valence-corrected chi connectivity index (χ1v) is 13.2. The van der Waals surface area contributed by atoms with Crippen LogP contribution in [0.15, 0.2) is 97.1 Å². The third-order valence-corrected chi connectivity index (χ3v) is 7.03. The molecule has 0 fully saturated rings. The fourth-order valence-electron chi connectivity index (χ4n) is 4.92. The molecule has 0 aliphatic rings. The van der Waals surface area contributed by atoms with Crippen LogP contribution in [0.1, 0.15) is 43.1 Å².